The van der Waals surface area contributed by atoms with Gasteiger partial charge in [0.1, 0.15) is 6.10 Å². The van der Waals surface area contributed by atoms with Crippen LogP contribution in [0.4, 0.5) is 0 Å². The number of carbonyl (C=O) groups is 2. The lowest BCUT2D eigenvalue weighted by Crippen LogP contribution is -2.29. The number of aliphatic carboxylic acids is 1. The summed E-state index contributed by atoms with van der Waals surface area (Å²) in [6.07, 6.45) is 2.17. The molecule has 4 nitrogen and oxygen atoms in total. The number of benzene rings is 1. The van der Waals surface area contributed by atoms with Gasteiger partial charge in [-0.15, -0.1) is 0 Å². The predicted octanol–water partition coefficient (Wildman–Crippen LogP) is 4.77. The first-order valence-corrected chi connectivity index (χ1v) is 8.84. The van der Waals surface area contributed by atoms with E-state index in [1.54, 1.807) is 6.07 Å². The molecule has 0 bridgehead atoms. The van der Waals surface area contributed by atoms with Gasteiger partial charge in [0, 0.05) is 13.4 Å². The van der Waals surface area contributed by atoms with E-state index in [2.05, 4.69) is 47.8 Å². The maximum atomic E-state index is 12.3. The predicted molar refractivity (Wildman–Crippen MR) is 88.3 cm³/mol. The van der Waals surface area contributed by atoms with Gasteiger partial charge in [0.25, 0.3) is 0 Å². The zero-order chi connectivity index (χ0) is 15.6. The van der Waals surface area contributed by atoms with Crippen molar-refractivity contribution >= 4 is 59.7 Å². The minimum Gasteiger partial charge on any atom is -0.481 e. The zero-order valence-electron chi connectivity index (χ0n) is 10.9. The van der Waals surface area contributed by atoms with Crippen LogP contribution in [0.25, 0.3) is 0 Å². The van der Waals surface area contributed by atoms with Crippen molar-refractivity contribution in [1.29, 1.82) is 0 Å². The fourth-order valence-corrected chi connectivity index (χ4v) is 4.01. The zero-order valence-corrected chi connectivity index (χ0v) is 15.7. The summed E-state index contributed by atoms with van der Waals surface area (Å²) in [5, 5.41) is 9.06. The smallest absolute Gasteiger partial charge is 0.339 e. The summed E-state index contributed by atoms with van der Waals surface area (Å²) in [6, 6.07) is 3.50. The second kappa shape index (κ2) is 7.24. The van der Waals surface area contributed by atoms with Crippen molar-refractivity contribution in [1.82, 2.24) is 0 Å². The first-order chi connectivity index (χ1) is 9.88. The van der Waals surface area contributed by atoms with Gasteiger partial charge in [0.2, 0.25) is 0 Å². The number of carboxylic acid groups (broad SMARTS) is 1. The molecule has 0 radical (unpaired) electrons. The summed E-state index contributed by atoms with van der Waals surface area (Å²) in [4.78, 5) is 23.3. The van der Waals surface area contributed by atoms with Crippen molar-refractivity contribution in [2.24, 2.45) is 5.92 Å². The Morgan fingerprint density at radius 3 is 2.57 bits per heavy atom. The van der Waals surface area contributed by atoms with Gasteiger partial charge >= 0.3 is 11.9 Å². The highest BCUT2D eigenvalue weighted by atomic mass is 79.9. The molecule has 1 fully saturated rings. The third-order valence-electron chi connectivity index (χ3n) is 3.46. The molecule has 0 saturated heterocycles. The maximum Gasteiger partial charge on any atom is 0.339 e. The van der Waals surface area contributed by atoms with Crippen LogP contribution < -0.4 is 0 Å². The van der Waals surface area contributed by atoms with Crippen LogP contribution in [0.15, 0.2) is 25.6 Å². The van der Waals surface area contributed by atoms with Gasteiger partial charge in [-0.3, -0.25) is 4.79 Å². The van der Waals surface area contributed by atoms with Crippen molar-refractivity contribution < 1.29 is 19.4 Å². The van der Waals surface area contributed by atoms with Crippen LogP contribution in [0.2, 0.25) is 0 Å². The summed E-state index contributed by atoms with van der Waals surface area (Å²) >= 11 is 10.0. The molecule has 2 unspecified atom stereocenters. The lowest BCUT2D eigenvalue weighted by molar-refractivity contribution is -0.144. The molecule has 114 valence electrons. The number of hydrogen-bond acceptors (Lipinski definition) is 3. The van der Waals surface area contributed by atoms with Crippen molar-refractivity contribution in [3.8, 4) is 0 Å². The van der Waals surface area contributed by atoms with Crippen LogP contribution in [-0.4, -0.2) is 23.1 Å². The molecular weight excluding hydrogens is 472 g/mol. The third-order valence-corrected chi connectivity index (χ3v) is 5.93. The molecule has 0 amide bonds. The number of rotatable bonds is 3. The van der Waals surface area contributed by atoms with Gasteiger partial charge in [-0.05, 0) is 69.7 Å². The Morgan fingerprint density at radius 1 is 1.19 bits per heavy atom. The molecule has 0 aromatic heterocycles. The van der Waals surface area contributed by atoms with Crippen molar-refractivity contribution in [3.05, 3.63) is 31.1 Å². The molecule has 7 heteroatoms. The highest BCUT2D eigenvalue weighted by molar-refractivity contribution is 9.13. The van der Waals surface area contributed by atoms with Crippen LogP contribution >= 0.6 is 47.8 Å². The molecule has 2 rings (SSSR count). The molecule has 0 spiro atoms. The van der Waals surface area contributed by atoms with Gasteiger partial charge < -0.3 is 9.84 Å². The molecule has 1 aromatic rings. The summed E-state index contributed by atoms with van der Waals surface area (Å²) in [5.41, 5.74) is 0.411. The molecule has 1 aliphatic carbocycles. The summed E-state index contributed by atoms with van der Waals surface area (Å²) in [5.74, 6) is -1.68. The lowest BCUT2D eigenvalue weighted by atomic mass is 9.87. The van der Waals surface area contributed by atoms with Gasteiger partial charge in [-0.25, -0.2) is 4.79 Å². The normalized spacial score (nSPS) is 21.9. The number of halogens is 3. The molecular formula is C14H13Br3O4. The van der Waals surface area contributed by atoms with Crippen molar-refractivity contribution in [3.63, 3.8) is 0 Å². The Labute approximate surface area is 147 Å². The van der Waals surface area contributed by atoms with E-state index in [-0.39, 0.29) is 6.10 Å². The van der Waals surface area contributed by atoms with E-state index < -0.39 is 17.9 Å². The second-order valence-corrected chi connectivity index (χ2v) is 7.54. The van der Waals surface area contributed by atoms with E-state index in [4.69, 9.17) is 9.84 Å². The number of esters is 1. The van der Waals surface area contributed by atoms with Gasteiger partial charge in [-0.1, -0.05) is 15.9 Å². The first-order valence-electron chi connectivity index (χ1n) is 6.46. The number of hydrogen-bond donors (Lipinski definition) is 1. The summed E-state index contributed by atoms with van der Waals surface area (Å²) in [7, 11) is 0. The quantitative estimate of drug-likeness (QED) is 0.495. The van der Waals surface area contributed by atoms with E-state index >= 15 is 0 Å². The van der Waals surface area contributed by atoms with E-state index in [1.807, 2.05) is 6.07 Å². The first kappa shape index (κ1) is 17.0. The Kier molecular flexibility index (Phi) is 5.85. The molecule has 0 heterocycles. The average molecular weight is 485 g/mol. The highest BCUT2D eigenvalue weighted by Gasteiger charge is 2.30. The minimum absolute atomic E-state index is 0.336. The fourth-order valence-electron chi connectivity index (χ4n) is 2.40. The molecule has 0 aliphatic heterocycles. The molecule has 1 aliphatic rings. The van der Waals surface area contributed by atoms with E-state index in [0.717, 1.165) is 15.4 Å². The summed E-state index contributed by atoms with van der Waals surface area (Å²) in [6.45, 7) is 0. The average Bonchev–Trinajstić information content (AvgIpc) is 2.43. The minimum atomic E-state index is -0.817. The molecule has 1 saturated carbocycles. The Balaban J connectivity index is 2.10. The Morgan fingerprint density at radius 2 is 1.90 bits per heavy atom. The number of carboxylic acids is 1. The van der Waals surface area contributed by atoms with E-state index in [0.29, 0.717) is 29.3 Å². The van der Waals surface area contributed by atoms with Gasteiger partial charge in [-0.2, -0.15) is 0 Å². The fraction of sp³-hybridized carbons (Fsp3) is 0.429. The van der Waals surface area contributed by atoms with Crippen LogP contribution in [0.1, 0.15) is 36.0 Å². The highest BCUT2D eigenvalue weighted by Crippen LogP contribution is 2.33. The Bertz CT molecular complexity index is 574. The Hall–Kier alpha value is -0.400. The van der Waals surface area contributed by atoms with Crippen LogP contribution in [-0.2, 0) is 9.53 Å². The number of carbonyl (C=O) groups excluding carboxylic acids is 1. The third kappa shape index (κ3) is 4.29. The molecule has 1 aromatic carbocycles. The SMILES string of the molecule is O=C(OC1CCCC(C(=O)O)C1)c1cc(Br)cc(Br)c1Br. The molecule has 21 heavy (non-hydrogen) atoms. The topological polar surface area (TPSA) is 63.6 Å². The maximum absolute atomic E-state index is 12.3. The van der Waals surface area contributed by atoms with Crippen molar-refractivity contribution in [2.75, 3.05) is 0 Å². The van der Waals surface area contributed by atoms with E-state index in [9.17, 15) is 9.59 Å². The second-order valence-electron chi connectivity index (χ2n) is 4.98. The summed E-state index contributed by atoms with van der Waals surface area (Å²) < 4.78 is 7.61. The van der Waals surface area contributed by atoms with Crippen LogP contribution in [0.5, 0.6) is 0 Å². The largest absolute Gasteiger partial charge is 0.481 e. The van der Waals surface area contributed by atoms with Crippen molar-refractivity contribution in [2.45, 2.75) is 31.8 Å². The van der Waals surface area contributed by atoms with Gasteiger partial charge in [0.15, 0.2) is 0 Å². The lowest BCUT2D eigenvalue weighted by Gasteiger charge is -2.26. The van der Waals surface area contributed by atoms with Crippen LogP contribution in [0.3, 0.4) is 0 Å². The van der Waals surface area contributed by atoms with Crippen LogP contribution in [0, 0.1) is 5.92 Å². The van der Waals surface area contributed by atoms with Gasteiger partial charge in [0.05, 0.1) is 11.5 Å². The number of ether oxygens (including phenoxy) is 1. The molecule has 1 N–H and O–H groups in total. The standard InChI is InChI=1S/C14H13Br3O4/c15-8-5-10(12(17)11(16)6-8)14(20)21-9-3-1-2-7(4-9)13(18)19/h5-7,9H,1-4H2,(H,18,19). The molecule has 2 atom stereocenters. The van der Waals surface area contributed by atoms with E-state index in [1.165, 1.54) is 0 Å². The monoisotopic (exact) mass is 482 g/mol.